The number of anilines is 3. The van der Waals surface area contributed by atoms with Crippen LogP contribution in [0.3, 0.4) is 0 Å². The number of aromatic nitrogens is 1. The molecule has 1 aliphatic rings. The van der Waals surface area contributed by atoms with E-state index in [4.69, 9.17) is 23.2 Å². The second kappa shape index (κ2) is 10.3. The van der Waals surface area contributed by atoms with Crippen LogP contribution >= 0.6 is 23.2 Å². The number of rotatable bonds is 8. The van der Waals surface area contributed by atoms with Gasteiger partial charge in [0.05, 0.1) is 15.7 Å². The van der Waals surface area contributed by atoms with Crippen LogP contribution in [0, 0.1) is 0 Å². The Bertz CT molecular complexity index is 1360. The summed E-state index contributed by atoms with van der Waals surface area (Å²) < 4.78 is 0. The number of carboxylic acid groups (broad SMARTS) is 1. The number of carbonyl (C=O) groups is 2. The highest BCUT2D eigenvalue weighted by molar-refractivity contribution is 6.39. The average molecular weight is 515 g/mol. The van der Waals surface area contributed by atoms with Gasteiger partial charge in [-0.3, -0.25) is 19.4 Å². The Hall–Kier alpha value is -3.69. The van der Waals surface area contributed by atoms with Gasteiger partial charge in [-0.25, -0.2) is 4.79 Å². The molecular weight excluding hydrogens is 495 g/mol. The second-order valence-corrected chi connectivity index (χ2v) is 8.77. The molecule has 0 saturated heterocycles. The highest BCUT2D eigenvalue weighted by atomic mass is 35.5. The maximum absolute atomic E-state index is 12.6. The summed E-state index contributed by atoms with van der Waals surface area (Å²) in [5.41, 5.74) is 0.0763. The SMILES string of the molecule is O=C(Nc1c(Cl)cncc1Cl)c1ccc(C[C@H](Nc2c(N3CC=CCC3)c(=O)c2=O)C(=O)O)cc1. The van der Waals surface area contributed by atoms with E-state index in [1.54, 1.807) is 17.0 Å². The highest BCUT2D eigenvalue weighted by Crippen LogP contribution is 2.29. The lowest BCUT2D eigenvalue weighted by molar-refractivity contribution is -0.137. The van der Waals surface area contributed by atoms with Gasteiger partial charge in [-0.15, -0.1) is 0 Å². The van der Waals surface area contributed by atoms with Crippen LogP contribution in [0.5, 0.6) is 0 Å². The molecule has 11 heteroatoms. The predicted octanol–water partition coefficient (Wildman–Crippen LogP) is 3.11. The summed E-state index contributed by atoms with van der Waals surface area (Å²) in [4.78, 5) is 54.4. The largest absolute Gasteiger partial charge is 0.480 e. The Morgan fingerprint density at radius 1 is 1.03 bits per heavy atom. The van der Waals surface area contributed by atoms with Crippen LogP contribution in [0.15, 0.2) is 58.4 Å². The molecule has 180 valence electrons. The summed E-state index contributed by atoms with van der Waals surface area (Å²) in [6, 6.07) is 5.15. The molecule has 1 atom stereocenters. The first kappa shape index (κ1) is 24.4. The number of hydrogen-bond acceptors (Lipinski definition) is 7. The number of hydrogen-bond donors (Lipinski definition) is 3. The molecule has 9 nitrogen and oxygen atoms in total. The molecule has 0 spiro atoms. The van der Waals surface area contributed by atoms with Gasteiger partial charge in [0.15, 0.2) is 0 Å². The van der Waals surface area contributed by atoms with Crippen LogP contribution in [0.1, 0.15) is 22.3 Å². The first-order valence-corrected chi connectivity index (χ1v) is 11.4. The number of amides is 1. The minimum absolute atomic E-state index is 0.0252. The number of halogens is 2. The van der Waals surface area contributed by atoms with Crippen molar-refractivity contribution in [2.24, 2.45) is 0 Å². The van der Waals surface area contributed by atoms with Crippen LogP contribution in [0.4, 0.5) is 17.1 Å². The van der Waals surface area contributed by atoms with E-state index >= 15 is 0 Å². The van der Waals surface area contributed by atoms with Crippen molar-refractivity contribution < 1.29 is 14.7 Å². The van der Waals surface area contributed by atoms with Crippen molar-refractivity contribution in [2.75, 3.05) is 28.6 Å². The van der Waals surface area contributed by atoms with E-state index in [-0.39, 0.29) is 33.5 Å². The second-order valence-electron chi connectivity index (χ2n) is 7.96. The normalized spacial score (nSPS) is 14.1. The van der Waals surface area contributed by atoms with Gasteiger partial charge in [0.2, 0.25) is 0 Å². The van der Waals surface area contributed by atoms with Gasteiger partial charge in [-0.2, -0.15) is 0 Å². The Kier molecular flexibility index (Phi) is 7.18. The third kappa shape index (κ3) is 5.21. The fraction of sp³-hybridized carbons (Fsp3) is 0.208. The zero-order valence-corrected chi connectivity index (χ0v) is 19.8. The molecule has 2 heterocycles. The van der Waals surface area contributed by atoms with Crippen molar-refractivity contribution >= 4 is 52.1 Å². The number of nitrogens with zero attached hydrogens (tertiary/aromatic N) is 2. The number of pyridine rings is 1. The van der Waals surface area contributed by atoms with Crippen molar-refractivity contribution in [2.45, 2.75) is 18.9 Å². The highest BCUT2D eigenvalue weighted by Gasteiger charge is 2.30. The molecule has 35 heavy (non-hydrogen) atoms. The summed E-state index contributed by atoms with van der Waals surface area (Å²) >= 11 is 12.1. The lowest BCUT2D eigenvalue weighted by Gasteiger charge is -2.29. The third-order valence-corrected chi connectivity index (χ3v) is 6.20. The maximum Gasteiger partial charge on any atom is 0.326 e. The summed E-state index contributed by atoms with van der Waals surface area (Å²) in [7, 11) is 0. The van der Waals surface area contributed by atoms with Gasteiger partial charge in [-0.1, -0.05) is 47.5 Å². The molecule has 1 aliphatic heterocycles. The summed E-state index contributed by atoms with van der Waals surface area (Å²) in [6.07, 6.45) is 7.35. The number of nitrogens with one attached hydrogen (secondary N) is 2. The fourth-order valence-corrected chi connectivity index (χ4v) is 4.24. The summed E-state index contributed by atoms with van der Waals surface area (Å²) in [5, 5.41) is 15.5. The lowest BCUT2D eigenvalue weighted by atomic mass is 10.0. The number of carboxylic acids is 1. The standard InChI is InChI=1S/C24H20Cl2N4O5/c25-15-11-27-12-16(26)18(15)29-23(33)14-6-4-13(5-7-14)10-17(24(34)35)28-19-20(22(32)21(19)31)30-8-2-1-3-9-30/h1-2,4-7,11-12,17,28H,3,8-10H2,(H,34,35)(H,27,29,33)/t17-/m0/s1. The third-order valence-electron chi connectivity index (χ3n) is 5.62. The Morgan fingerprint density at radius 3 is 2.31 bits per heavy atom. The van der Waals surface area contributed by atoms with Crippen LogP contribution in [0.2, 0.25) is 10.0 Å². The smallest absolute Gasteiger partial charge is 0.326 e. The molecule has 4 rings (SSSR count). The first-order chi connectivity index (χ1) is 16.8. The molecule has 1 amide bonds. The molecule has 1 aromatic heterocycles. The molecule has 0 bridgehead atoms. The molecule has 3 aromatic rings. The van der Waals surface area contributed by atoms with Crippen molar-refractivity contribution in [1.29, 1.82) is 0 Å². The molecule has 0 saturated carbocycles. The molecule has 2 aromatic carbocycles. The average Bonchev–Trinajstić information content (AvgIpc) is 2.85. The van der Waals surface area contributed by atoms with E-state index in [2.05, 4.69) is 15.6 Å². The van der Waals surface area contributed by atoms with Gasteiger partial charge in [0.25, 0.3) is 16.8 Å². The van der Waals surface area contributed by atoms with Crippen LogP contribution < -0.4 is 26.4 Å². The Morgan fingerprint density at radius 2 is 1.71 bits per heavy atom. The molecular formula is C24H20Cl2N4O5. The molecule has 0 fully saturated rings. The van der Waals surface area contributed by atoms with E-state index in [1.807, 2.05) is 12.2 Å². The Labute approximate surface area is 209 Å². The minimum atomic E-state index is -1.17. The summed E-state index contributed by atoms with van der Waals surface area (Å²) in [5.74, 6) is -1.63. The van der Waals surface area contributed by atoms with E-state index in [0.717, 1.165) is 6.42 Å². The summed E-state index contributed by atoms with van der Waals surface area (Å²) in [6.45, 7) is 1.06. The van der Waals surface area contributed by atoms with Crippen LogP contribution in [-0.2, 0) is 11.2 Å². The quantitative estimate of drug-likeness (QED) is 0.309. The van der Waals surface area contributed by atoms with Crippen molar-refractivity contribution in [3.8, 4) is 0 Å². The number of carbonyl (C=O) groups excluding carboxylic acids is 1. The minimum Gasteiger partial charge on any atom is -0.480 e. The van der Waals surface area contributed by atoms with Crippen molar-refractivity contribution in [3.05, 3.63) is 90.4 Å². The van der Waals surface area contributed by atoms with Crippen LogP contribution in [0.25, 0.3) is 0 Å². The van der Waals surface area contributed by atoms with Gasteiger partial charge in [0.1, 0.15) is 17.4 Å². The van der Waals surface area contributed by atoms with Crippen molar-refractivity contribution in [3.63, 3.8) is 0 Å². The van der Waals surface area contributed by atoms with E-state index in [1.165, 1.54) is 24.5 Å². The molecule has 0 unspecified atom stereocenters. The van der Waals surface area contributed by atoms with E-state index < -0.39 is 28.8 Å². The monoisotopic (exact) mass is 514 g/mol. The molecule has 0 aliphatic carbocycles. The van der Waals surface area contributed by atoms with Crippen LogP contribution in [-0.4, -0.2) is 41.1 Å². The van der Waals surface area contributed by atoms with Gasteiger partial charge in [-0.05, 0) is 24.1 Å². The number of aliphatic carboxylic acids is 1. The van der Waals surface area contributed by atoms with E-state index in [9.17, 15) is 24.3 Å². The van der Waals surface area contributed by atoms with Crippen molar-refractivity contribution in [1.82, 2.24) is 4.98 Å². The lowest BCUT2D eigenvalue weighted by Crippen LogP contribution is -2.46. The number of benzene rings is 1. The fourth-order valence-electron chi connectivity index (χ4n) is 3.78. The maximum atomic E-state index is 12.6. The zero-order valence-electron chi connectivity index (χ0n) is 18.3. The zero-order chi connectivity index (χ0) is 25.1. The van der Waals surface area contributed by atoms with Gasteiger partial charge >= 0.3 is 5.97 Å². The molecule has 0 radical (unpaired) electrons. The molecule has 3 N–H and O–H groups in total. The Balaban J connectivity index is 1.46. The van der Waals surface area contributed by atoms with E-state index in [0.29, 0.717) is 24.2 Å². The van der Waals surface area contributed by atoms with Gasteiger partial charge in [0, 0.05) is 37.5 Å². The van der Waals surface area contributed by atoms with Gasteiger partial charge < -0.3 is 20.6 Å². The topological polar surface area (TPSA) is 129 Å². The predicted molar refractivity (Wildman–Crippen MR) is 135 cm³/mol. The first-order valence-electron chi connectivity index (χ1n) is 10.7.